The Hall–Kier alpha value is -2.79. The maximum atomic E-state index is 12.1. The summed E-state index contributed by atoms with van der Waals surface area (Å²) in [4.78, 5) is 12.1. The van der Waals surface area contributed by atoms with E-state index in [-0.39, 0.29) is 29.0 Å². The first-order chi connectivity index (χ1) is 13.4. The van der Waals surface area contributed by atoms with E-state index < -0.39 is 5.97 Å². The molecule has 1 aromatic rings. The molecule has 152 valence electrons. The van der Waals surface area contributed by atoms with Crippen LogP contribution < -0.4 is 21.5 Å². The highest BCUT2D eigenvalue weighted by atomic mass is 32.1. The van der Waals surface area contributed by atoms with Crippen LogP contribution in [0.5, 0.6) is 5.75 Å². The molecule has 0 heterocycles. The number of phenolic OH excluding ortho intramolecular Hbond substituents is 1. The van der Waals surface area contributed by atoms with Crippen molar-refractivity contribution in [2.75, 3.05) is 19.7 Å². The lowest BCUT2D eigenvalue weighted by Gasteiger charge is -2.09. The zero-order valence-electron chi connectivity index (χ0n) is 15.9. The largest absolute Gasteiger partial charge is 0.507 e. The van der Waals surface area contributed by atoms with Gasteiger partial charge in [-0.05, 0) is 57.3 Å². The number of hydrogen-bond acceptors (Lipinski definition) is 7. The maximum absolute atomic E-state index is 12.1. The van der Waals surface area contributed by atoms with Crippen LogP contribution in [0.3, 0.4) is 0 Å². The van der Waals surface area contributed by atoms with Gasteiger partial charge in [-0.2, -0.15) is 10.2 Å². The van der Waals surface area contributed by atoms with E-state index in [0.717, 1.165) is 0 Å². The van der Waals surface area contributed by atoms with Gasteiger partial charge in [0.25, 0.3) is 0 Å². The fourth-order valence-corrected chi connectivity index (χ4v) is 2.32. The molecule has 28 heavy (non-hydrogen) atoms. The van der Waals surface area contributed by atoms with Gasteiger partial charge in [0.1, 0.15) is 5.75 Å². The predicted molar refractivity (Wildman–Crippen MR) is 118 cm³/mol. The number of benzene rings is 1. The van der Waals surface area contributed by atoms with E-state index in [2.05, 4.69) is 31.7 Å². The summed E-state index contributed by atoms with van der Waals surface area (Å²) in [6.07, 6.45) is 2.69. The first-order valence-corrected chi connectivity index (χ1v) is 9.42. The first kappa shape index (κ1) is 23.2. The molecule has 9 nitrogen and oxygen atoms in total. The molecule has 0 aromatic heterocycles. The topological polar surface area (TPSA) is 119 Å². The normalized spacial score (nSPS) is 10.7. The number of nitrogens with zero attached hydrogens (tertiary/aromatic N) is 2. The van der Waals surface area contributed by atoms with Gasteiger partial charge in [0.15, 0.2) is 10.2 Å². The highest BCUT2D eigenvalue weighted by molar-refractivity contribution is 7.80. The van der Waals surface area contributed by atoms with Crippen molar-refractivity contribution in [2.45, 2.75) is 20.8 Å². The van der Waals surface area contributed by atoms with Crippen LogP contribution in [0.15, 0.2) is 22.3 Å². The Morgan fingerprint density at radius 1 is 1.04 bits per heavy atom. The zero-order valence-corrected chi connectivity index (χ0v) is 17.5. The Kier molecular flexibility index (Phi) is 10.4. The summed E-state index contributed by atoms with van der Waals surface area (Å²) >= 11 is 10.0. The Morgan fingerprint density at radius 3 is 1.89 bits per heavy atom. The van der Waals surface area contributed by atoms with E-state index in [4.69, 9.17) is 29.2 Å². The molecule has 1 rings (SSSR count). The quantitative estimate of drug-likeness (QED) is 0.181. The number of carbonyl (C=O) groups is 1. The molecule has 0 atom stereocenters. The fourth-order valence-electron chi connectivity index (χ4n) is 1.93. The van der Waals surface area contributed by atoms with Crippen molar-refractivity contribution in [2.24, 2.45) is 10.2 Å². The van der Waals surface area contributed by atoms with E-state index in [1.165, 1.54) is 24.6 Å². The summed E-state index contributed by atoms with van der Waals surface area (Å²) in [7, 11) is 0. The molecule has 5 N–H and O–H groups in total. The van der Waals surface area contributed by atoms with Crippen molar-refractivity contribution in [3.05, 3.63) is 28.8 Å². The van der Waals surface area contributed by atoms with Crippen molar-refractivity contribution in [1.82, 2.24) is 21.5 Å². The molecule has 11 heteroatoms. The summed E-state index contributed by atoms with van der Waals surface area (Å²) < 4.78 is 5.02. The molecule has 0 saturated heterocycles. The lowest BCUT2D eigenvalue weighted by Crippen LogP contribution is -2.31. The number of phenols is 1. The second-order valence-electron chi connectivity index (χ2n) is 5.18. The molecule has 0 aliphatic rings. The van der Waals surface area contributed by atoms with E-state index >= 15 is 0 Å². The Balaban J connectivity index is 3.12. The van der Waals surface area contributed by atoms with Gasteiger partial charge in [-0.25, -0.2) is 4.79 Å². The van der Waals surface area contributed by atoms with Crippen LogP contribution in [0.1, 0.15) is 42.3 Å². The van der Waals surface area contributed by atoms with Crippen LogP contribution >= 0.6 is 24.4 Å². The lowest BCUT2D eigenvalue weighted by atomic mass is 10.0. The minimum Gasteiger partial charge on any atom is -0.507 e. The Bertz CT molecular complexity index is 716. The predicted octanol–water partition coefficient (Wildman–Crippen LogP) is 1.20. The minimum atomic E-state index is -0.529. The summed E-state index contributed by atoms with van der Waals surface area (Å²) in [5, 5.41) is 24.8. The van der Waals surface area contributed by atoms with Gasteiger partial charge in [-0.3, -0.25) is 10.9 Å². The molecule has 0 aliphatic carbocycles. The highest BCUT2D eigenvalue weighted by Crippen LogP contribution is 2.22. The third-order valence-electron chi connectivity index (χ3n) is 3.09. The van der Waals surface area contributed by atoms with Gasteiger partial charge in [-0.15, -0.1) is 0 Å². The molecular formula is C17H24N6O3S2. The van der Waals surface area contributed by atoms with Crippen LogP contribution in [-0.4, -0.2) is 53.4 Å². The molecule has 0 bridgehead atoms. The first-order valence-electron chi connectivity index (χ1n) is 8.60. The molecule has 0 spiro atoms. The summed E-state index contributed by atoms with van der Waals surface area (Å²) in [6.45, 7) is 7.02. The molecular weight excluding hydrogens is 400 g/mol. The number of esters is 1. The van der Waals surface area contributed by atoms with E-state index in [0.29, 0.717) is 23.3 Å². The molecule has 0 fully saturated rings. The minimum absolute atomic E-state index is 0.118. The zero-order chi connectivity index (χ0) is 20.9. The Morgan fingerprint density at radius 2 is 1.50 bits per heavy atom. The summed E-state index contributed by atoms with van der Waals surface area (Å²) in [5.41, 5.74) is 6.04. The van der Waals surface area contributed by atoms with Crippen molar-refractivity contribution >= 4 is 53.1 Å². The van der Waals surface area contributed by atoms with Crippen LogP contribution in [0.4, 0.5) is 0 Å². The second-order valence-corrected chi connectivity index (χ2v) is 6.00. The van der Waals surface area contributed by atoms with Gasteiger partial charge in [0, 0.05) is 24.2 Å². The maximum Gasteiger partial charge on any atom is 0.338 e. The lowest BCUT2D eigenvalue weighted by molar-refractivity contribution is 0.0526. The molecule has 0 aliphatic heterocycles. The average Bonchev–Trinajstić information content (AvgIpc) is 2.65. The van der Waals surface area contributed by atoms with Crippen molar-refractivity contribution in [3.63, 3.8) is 0 Å². The number of thiocarbonyl (C=S) groups is 2. The average molecular weight is 425 g/mol. The summed E-state index contributed by atoms with van der Waals surface area (Å²) in [6, 6.07) is 2.92. The SMILES string of the molecule is CCNC(=S)N/N=C\c1cc(C(=O)OCC)cc(/C=N\NC(=S)NCC)c1O. The van der Waals surface area contributed by atoms with Crippen LogP contribution in [0.25, 0.3) is 0 Å². The van der Waals surface area contributed by atoms with Gasteiger partial charge in [0.05, 0.1) is 24.6 Å². The van der Waals surface area contributed by atoms with Crippen molar-refractivity contribution in [1.29, 1.82) is 0 Å². The molecule has 0 amide bonds. The van der Waals surface area contributed by atoms with Crippen LogP contribution in [0, 0.1) is 0 Å². The third-order valence-corrected chi connectivity index (χ3v) is 3.57. The van der Waals surface area contributed by atoms with Gasteiger partial charge >= 0.3 is 5.97 Å². The smallest absolute Gasteiger partial charge is 0.338 e. The molecule has 0 saturated carbocycles. The number of nitrogens with one attached hydrogen (secondary N) is 4. The standard InChI is InChI=1S/C17H24N6O3S2/c1-4-18-16(27)22-20-9-12-7-11(15(25)26-6-3)8-13(14(12)24)10-21-23-17(28)19-5-2/h7-10,24H,4-6H2,1-3H3,(H2,18,22,27)(H2,19,23,28)/b20-9-,21-10-. The van der Waals surface area contributed by atoms with Crippen LogP contribution in [-0.2, 0) is 4.74 Å². The number of ether oxygens (including phenoxy) is 1. The van der Waals surface area contributed by atoms with E-state index in [1.54, 1.807) is 6.92 Å². The number of hydrazone groups is 2. The molecule has 0 unspecified atom stereocenters. The van der Waals surface area contributed by atoms with E-state index in [9.17, 15) is 9.90 Å². The number of aromatic hydroxyl groups is 1. The third kappa shape index (κ3) is 7.84. The second kappa shape index (κ2) is 12.6. The summed E-state index contributed by atoms with van der Waals surface area (Å²) in [5.74, 6) is -0.646. The van der Waals surface area contributed by atoms with Gasteiger partial charge < -0.3 is 20.5 Å². The number of hydrogen-bond donors (Lipinski definition) is 5. The monoisotopic (exact) mass is 424 g/mol. The molecule has 0 radical (unpaired) electrons. The van der Waals surface area contributed by atoms with Crippen molar-refractivity contribution < 1.29 is 14.6 Å². The molecule has 1 aromatic carbocycles. The highest BCUT2D eigenvalue weighted by Gasteiger charge is 2.14. The van der Waals surface area contributed by atoms with Gasteiger partial charge in [-0.1, -0.05) is 0 Å². The van der Waals surface area contributed by atoms with Gasteiger partial charge in [0.2, 0.25) is 0 Å². The van der Waals surface area contributed by atoms with Crippen LogP contribution in [0.2, 0.25) is 0 Å². The van der Waals surface area contributed by atoms with Crippen molar-refractivity contribution in [3.8, 4) is 5.75 Å². The number of carbonyl (C=O) groups excluding carboxylic acids is 1. The van der Waals surface area contributed by atoms with E-state index in [1.807, 2.05) is 13.8 Å². The fraction of sp³-hybridized carbons (Fsp3) is 0.353. The number of rotatable bonds is 8. The Labute approximate surface area is 174 Å².